The first-order chi connectivity index (χ1) is 15.1. The highest BCUT2D eigenvalue weighted by atomic mass is 32.2. The lowest BCUT2D eigenvalue weighted by Crippen LogP contribution is -2.08. The van der Waals surface area contributed by atoms with Gasteiger partial charge < -0.3 is 4.57 Å². The van der Waals surface area contributed by atoms with Crippen molar-refractivity contribution in [2.45, 2.75) is 32.1 Å². The predicted octanol–water partition coefficient (Wildman–Crippen LogP) is 5.63. The van der Waals surface area contributed by atoms with Crippen LogP contribution in [0.25, 0.3) is 10.7 Å². The van der Waals surface area contributed by atoms with E-state index in [1.54, 1.807) is 11.3 Å². The van der Waals surface area contributed by atoms with Gasteiger partial charge >= 0.3 is 0 Å². The topological polar surface area (TPSA) is 52.7 Å². The van der Waals surface area contributed by atoms with Crippen molar-refractivity contribution in [3.8, 4) is 10.7 Å². The number of thiophene rings is 1. The highest BCUT2D eigenvalue weighted by Crippen LogP contribution is 2.29. The molecule has 0 N–H and O–H groups in total. The molecule has 0 atom stereocenters. The standard InChI is InChI=1S/C24H24N4OS2/c1-4-12-27-17(2)14-20(18(27)3)21(29)16-31-24-26-25-23(22-11-8-13-30-22)28(24)15-19-9-6-5-7-10-19/h4-11,13-14H,1,12,15-16H2,2-3H3. The van der Waals surface area contributed by atoms with Crippen molar-refractivity contribution in [1.29, 1.82) is 0 Å². The number of thioether (sulfide) groups is 1. The van der Waals surface area contributed by atoms with Crippen LogP contribution >= 0.6 is 23.1 Å². The number of aryl methyl sites for hydroxylation is 1. The van der Waals surface area contributed by atoms with Gasteiger partial charge in [0.25, 0.3) is 0 Å². The van der Waals surface area contributed by atoms with Gasteiger partial charge in [0, 0.05) is 23.5 Å². The van der Waals surface area contributed by atoms with Gasteiger partial charge in [0.05, 0.1) is 17.2 Å². The Hall–Kier alpha value is -2.90. The van der Waals surface area contributed by atoms with Crippen LogP contribution in [0.2, 0.25) is 0 Å². The first kappa shape index (κ1) is 21.3. The van der Waals surface area contributed by atoms with Crippen molar-refractivity contribution in [2.75, 3.05) is 5.75 Å². The Labute approximate surface area is 190 Å². The van der Waals surface area contributed by atoms with Crippen LogP contribution in [0.3, 0.4) is 0 Å². The summed E-state index contributed by atoms with van der Waals surface area (Å²) in [6.45, 7) is 9.17. The number of nitrogens with zero attached hydrogens (tertiary/aromatic N) is 4. The van der Waals surface area contributed by atoms with E-state index >= 15 is 0 Å². The minimum Gasteiger partial charge on any atom is -0.345 e. The van der Waals surface area contributed by atoms with Gasteiger partial charge in [-0.2, -0.15) is 0 Å². The van der Waals surface area contributed by atoms with Gasteiger partial charge in [-0.25, -0.2) is 0 Å². The van der Waals surface area contributed by atoms with E-state index in [4.69, 9.17) is 0 Å². The smallest absolute Gasteiger partial charge is 0.192 e. The van der Waals surface area contributed by atoms with Gasteiger partial charge in [-0.15, -0.1) is 28.1 Å². The van der Waals surface area contributed by atoms with Crippen molar-refractivity contribution in [3.63, 3.8) is 0 Å². The highest BCUT2D eigenvalue weighted by molar-refractivity contribution is 7.99. The summed E-state index contributed by atoms with van der Waals surface area (Å²) in [5.74, 6) is 1.24. The zero-order valence-electron chi connectivity index (χ0n) is 17.6. The number of ketones is 1. The number of hydrogen-bond acceptors (Lipinski definition) is 5. The lowest BCUT2D eigenvalue weighted by Gasteiger charge is -2.10. The number of allylic oxidation sites excluding steroid dienone is 1. The Balaban J connectivity index is 1.58. The number of Topliss-reactive ketones (excluding diaryl/α,β-unsaturated/α-hetero) is 1. The minimum atomic E-state index is 0.0975. The zero-order chi connectivity index (χ0) is 21.8. The molecule has 1 aromatic carbocycles. The first-order valence-corrected chi connectivity index (χ1v) is 11.9. The highest BCUT2D eigenvalue weighted by Gasteiger charge is 2.19. The molecule has 158 valence electrons. The fourth-order valence-corrected chi connectivity index (χ4v) is 5.13. The maximum absolute atomic E-state index is 13.0. The molecule has 0 radical (unpaired) electrons. The van der Waals surface area contributed by atoms with Gasteiger partial charge in [0.1, 0.15) is 0 Å². The Morgan fingerprint density at radius 2 is 1.94 bits per heavy atom. The van der Waals surface area contributed by atoms with Gasteiger partial charge in [-0.3, -0.25) is 9.36 Å². The molecule has 0 aliphatic rings. The van der Waals surface area contributed by atoms with E-state index in [0.717, 1.165) is 32.8 Å². The molecule has 0 saturated carbocycles. The Kier molecular flexibility index (Phi) is 6.53. The summed E-state index contributed by atoms with van der Waals surface area (Å²) in [6.07, 6.45) is 1.85. The molecule has 0 aliphatic carbocycles. The average Bonchev–Trinajstić information content (AvgIpc) is 3.49. The lowest BCUT2D eigenvalue weighted by atomic mass is 10.2. The fourth-order valence-electron chi connectivity index (χ4n) is 3.59. The Morgan fingerprint density at radius 3 is 2.65 bits per heavy atom. The van der Waals surface area contributed by atoms with Crippen LogP contribution in [-0.4, -0.2) is 30.9 Å². The van der Waals surface area contributed by atoms with E-state index in [0.29, 0.717) is 18.8 Å². The lowest BCUT2D eigenvalue weighted by molar-refractivity contribution is 0.102. The first-order valence-electron chi connectivity index (χ1n) is 10.0. The molecular formula is C24H24N4OS2. The minimum absolute atomic E-state index is 0.0975. The monoisotopic (exact) mass is 448 g/mol. The van der Waals surface area contributed by atoms with E-state index < -0.39 is 0 Å². The number of aromatic nitrogens is 4. The van der Waals surface area contributed by atoms with Crippen molar-refractivity contribution < 1.29 is 4.79 Å². The SMILES string of the molecule is C=CCn1c(C)cc(C(=O)CSc2nnc(-c3cccs3)n2Cc2ccccc2)c1C. The van der Waals surface area contributed by atoms with Gasteiger partial charge in [-0.1, -0.05) is 54.2 Å². The molecule has 0 unspecified atom stereocenters. The second-order valence-corrected chi connectivity index (χ2v) is 9.14. The zero-order valence-corrected chi connectivity index (χ0v) is 19.2. The second-order valence-electron chi connectivity index (χ2n) is 7.25. The molecule has 0 fully saturated rings. The molecule has 4 rings (SSSR count). The van der Waals surface area contributed by atoms with Crippen LogP contribution in [0.15, 0.2) is 71.7 Å². The van der Waals surface area contributed by atoms with Gasteiger partial charge in [0.15, 0.2) is 16.8 Å². The molecule has 31 heavy (non-hydrogen) atoms. The van der Waals surface area contributed by atoms with E-state index in [1.165, 1.54) is 17.3 Å². The number of benzene rings is 1. The molecule has 3 heterocycles. The maximum atomic E-state index is 13.0. The molecule has 4 aromatic rings. The van der Waals surface area contributed by atoms with Crippen LogP contribution in [0.4, 0.5) is 0 Å². The fraction of sp³-hybridized carbons (Fsp3) is 0.208. The average molecular weight is 449 g/mol. The predicted molar refractivity (Wildman–Crippen MR) is 128 cm³/mol. The van der Waals surface area contributed by atoms with Crippen molar-refractivity contribution in [2.24, 2.45) is 0 Å². The van der Waals surface area contributed by atoms with Crippen molar-refractivity contribution in [3.05, 3.63) is 89.1 Å². The van der Waals surface area contributed by atoms with Crippen molar-refractivity contribution >= 4 is 28.9 Å². The molecule has 0 bridgehead atoms. The van der Waals surface area contributed by atoms with Gasteiger partial charge in [0.2, 0.25) is 0 Å². The Morgan fingerprint density at radius 1 is 1.13 bits per heavy atom. The second kappa shape index (κ2) is 9.49. The quantitative estimate of drug-likeness (QED) is 0.189. The number of hydrogen-bond donors (Lipinski definition) is 0. The third kappa shape index (κ3) is 4.57. The summed E-state index contributed by atoms with van der Waals surface area (Å²) in [5.41, 5.74) is 3.98. The molecule has 0 aliphatic heterocycles. The Bertz CT molecular complexity index is 1190. The third-order valence-electron chi connectivity index (χ3n) is 5.16. The molecule has 3 aromatic heterocycles. The summed E-state index contributed by atoms with van der Waals surface area (Å²) in [7, 11) is 0. The number of carbonyl (C=O) groups excluding carboxylic acids is 1. The van der Waals surface area contributed by atoms with Crippen molar-refractivity contribution in [1.82, 2.24) is 19.3 Å². The summed E-state index contributed by atoms with van der Waals surface area (Å²) in [5, 5.41) is 11.6. The summed E-state index contributed by atoms with van der Waals surface area (Å²) in [6, 6.07) is 16.3. The van der Waals surface area contributed by atoms with Crippen LogP contribution < -0.4 is 0 Å². The molecule has 0 saturated heterocycles. The van der Waals surface area contributed by atoms with Crippen LogP contribution in [0.1, 0.15) is 27.3 Å². The van der Waals surface area contributed by atoms with E-state index in [1.807, 2.05) is 61.7 Å². The summed E-state index contributed by atoms with van der Waals surface area (Å²) in [4.78, 5) is 14.1. The van der Waals surface area contributed by atoms with E-state index in [2.05, 4.69) is 38.0 Å². The van der Waals surface area contributed by atoms with E-state index in [-0.39, 0.29) is 5.78 Å². The molecule has 0 spiro atoms. The normalized spacial score (nSPS) is 11.0. The van der Waals surface area contributed by atoms with Crippen LogP contribution in [0.5, 0.6) is 0 Å². The summed E-state index contributed by atoms with van der Waals surface area (Å²) >= 11 is 3.08. The number of rotatable bonds is 9. The largest absolute Gasteiger partial charge is 0.345 e. The third-order valence-corrected chi connectivity index (χ3v) is 6.99. The molecule has 5 nitrogen and oxygen atoms in total. The van der Waals surface area contributed by atoms with E-state index in [9.17, 15) is 4.79 Å². The van der Waals surface area contributed by atoms with Crippen LogP contribution in [0, 0.1) is 13.8 Å². The maximum Gasteiger partial charge on any atom is 0.192 e. The summed E-state index contributed by atoms with van der Waals surface area (Å²) < 4.78 is 4.21. The molecule has 7 heteroatoms. The van der Waals surface area contributed by atoms with Gasteiger partial charge in [-0.05, 0) is 36.9 Å². The van der Waals surface area contributed by atoms with Crippen LogP contribution in [-0.2, 0) is 13.1 Å². The number of carbonyl (C=O) groups is 1. The molecular weight excluding hydrogens is 424 g/mol. The molecule has 0 amide bonds.